The van der Waals surface area contributed by atoms with Crippen molar-refractivity contribution in [1.29, 1.82) is 0 Å². The highest BCUT2D eigenvalue weighted by molar-refractivity contribution is 6.17. The predicted octanol–water partition coefficient (Wildman–Crippen LogP) is 2.45. The minimum atomic E-state index is 0.0847. The number of nitrogens with zero attached hydrogens (tertiary/aromatic N) is 2. The van der Waals surface area contributed by atoms with Crippen molar-refractivity contribution in [3.05, 3.63) is 35.4 Å². The fourth-order valence-electron chi connectivity index (χ4n) is 2.65. The molecule has 1 aromatic rings. The van der Waals surface area contributed by atoms with Gasteiger partial charge in [0.15, 0.2) is 0 Å². The van der Waals surface area contributed by atoms with Gasteiger partial charge in [-0.05, 0) is 43.6 Å². The summed E-state index contributed by atoms with van der Waals surface area (Å²) in [6.07, 6.45) is 1.18. The third-order valence-electron chi connectivity index (χ3n) is 3.70. The first kappa shape index (κ1) is 14.4. The van der Waals surface area contributed by atoms with E-state index >= 15 is 0 Å². The standard InChI is InChI=1S/C15H21ClN2O/c1-17-7-6-13(10-17)11-18(2)15(19)14-5-3-4-12(8-14)9-16/h3-5,8,13H,6-7,9-11H2,1-2H3. The van der Waals surface area contributed by atoms with Crippen LogP contribution in [0.3, 0.4) is 0 Å². The summed E-state index contributed by atoms with van der Waals surface area (Å²) in [5, 5.41) is 0. The Bertz CT molecular complexity index is 450. The number of benzene rings is 1. The molecule has 2 rings (SSSR count). The Balaban J connectivity index is 1.98. The van der Waals surface area contributed by atoms with E-state index in [-0.39, 0.29) is 5.91 Å². The molecule has 1 fully saturated rings. The van der Waals surface area contributed by atoms with Crippen LogP contribution in [-0.2, 0) is 5.88 Å². The Labute approximate surface area is 120 Å². The van der Waals surface area contributed by atoms with E-state index in [1.807, 2.05) is 36.2 Å². The Morgan fingerprint density at radius 2 is 2.32 bits per heavy atom. The SMILES string of the molecule is CN1CCC(CN(C)C(=O)c2cccc(CCl)c2)C1. The topological polar surface area (TPSA) is 23.6 Å². The number of rotatable bonds is 4. The minimum absolute atomic E-state index is 0.0847. The van der Waals surface area contributed by atoms with Crippen LogP contribution in [0.1, 0.15) is 22.3 Å². The van der Waals surface area contributed by atoms with E-state index in [9.17, 15) is 4.79 Å². The molecule has 0 aliphatic carbocycles. The van der Waals surface area contributed by atoms with Gasteiger partial charge in [0.2, 0.25) is 0 Å². The van der Waals surface area contributed by atoms with Crippen LogP contribution in [0.15, 0.2) is 24.3 Å². The molecule has 0 saturated carbocycles. The molecule has 1 amide bonds. The molecule has 0 bridgehead atoms. The fourth-order valence-corrected chi connectivity index (χ4v) is 2.82. The molecule has 1 aromatic carbocycles. The number of halogens is 1. The van der Waals surface area contributed by atoms with E-state index in [1.54, 1.807) is 0 Å². The van der Waals surface area contributed by atoms with Gasteiger partial charge >= 0.3 is 0 Å². The molecule has 3 nitrogen and oxygen atoms in total. The monoisotopic (exact) mass is 280 g/mol. The van der Waals surface area contributed by atoms with Gasteiger partial charge in [-0.25, -0.2) is 0 Å². The van der Waals surface area contributed by atoms with Crippen LogP contribution >= 0.6 is 11.6 Å². The average molecular weight is 281 g/mol. The molecule has 19 heavy (non-hydrogen) atoms. The van der Waals surface area contributed by atoms with Crippen LogP contribution in [0.4, 0.5) is 0 Å². The van der Waals surface area contributed by atoms with E-state index in [2.05, 4.69) is 11.9 Å². The summed E-state index contributed by atoms with van der Waals surface area (Å²) in [4.78, 5) is 16.5. The second-order valence-corrected chi connectivity index (χ2v) is 5.70. The lowest BCUT2D eigenvalue weighted by molar-refractivity contribution is 0.0774. The molecule has 4 heteroatoms. The summed E-state index contributed by atoms with van der Waals surface area (Å²) in [7, 11) is 4.01. The maximum absolute atomic E-state index is 12.4. The normalized spacial score (nSPS) is 19.6. The maximum atomic E-state index is 12.4. The highest BCUT2D eigenvalue weighted by Gasteiger charge is 2.23. The first-order chi connectivity index (χ1) is 9.10. The largest absolute Gasteiger partial charge is 0.341 e. The van der Waals surface area contributed by atoms with Crippen molar-refractivity contribution < 1.29 is 4.79 Å². The highest BCUT2D eigenvalue weighted by Crippen LogP contribution is 2.17. The van der Waals surface area contributed by atoms with Gasteiger partial charge in [0.1, 0.15) is 0 Å². The third kappa shape index (κ3) is 3.71. The van der Waals surface area contributed by atoms with Gasteiger partial charge in [0.05, 0.1) is 0 Å². The molecule has 0 N–H and O–H groups in total. The Hall–Kier alpha value is -1.06. The second kappa shape index (κ2) is 6.40. The van der Waals surface area contributed by atoms with Crippen LogP contribution in [-0.4, -0.2) is 49.4 Å². The molecule has 1 saturated heterocycles. The molecule has 104 valence electrons. The van der Waals surface area contributed by atoms with E-state index in [0.29, 0.717) is 11.8 Å². The maximum Gasteiger partial charge on any atom is 0.253 e. The van der Waals surface area contributed by atoms with Crippen molar-refractivity contribution in [3.8, 4) is 0 Å². The Morgan fingerprint density at radius 3 is 2.95 bits per heavy atom. The second-order valence-electron chi connectivity index (χ2n) is 5.44. The summed E-state index contributed by atoms with van der Waals surface area (Å²) >= 11 is 5.81. The number of amides is 1. The van der Waals surface area contributed by atoms with E-state index in [4.69, 9.17) is 11.6 Å². The molecule has 1 unspecified atom stereocenters. The summed E-state index contributed by atoms with van der Waals surface area (Å²) < 4.78 is 0. The predicted molar refractivity (Wildman–Crippen MR) is 78.6 cm³/mol. The smallest absolute Gasteiger partial charge is 0.253 e. The lowest BCUT2D eigenvalue weighted by Crippen LogP contribution is -2.32. The number of alkyl halides is 1. The third-order valence-corrected chi connectivity index (χ3v) is 4.00. The van der Waals surface area contributed by atoms with Crippen LogP contribution in [0.2, 0.25) is 0 Å². The molecule has 1 aliphatic heterocycles. The number of carbonyl (C=O) groups is 1. The van der Waals surface area contributed by atoms with Crippen LogP contribution < -0.4 is 0 Å². The zero-order valence-electron chi connectivity index (χ0n) is 11.6. The molecule has 1 atom stereocenters. The average Bonchev–Trinajstić information content (AvgIpc) is 2.83. The van der Waals surface area contributed by atoms with E-state index in [0.717, 1.165) is 30.8 Å². The van der Waals surface area contributed by atoms with Gasteiger partial charge in [0.25, 0.3) is 5.91 Å². The molecule has 1 heterocycles. The number of hydrogen-bond donors (Lipinski definition) is 0. The Kier molecular flexibility index (Phi) is 4.83. The number of likely N-dealkylation sites (tertiary alicyclic amines) is 1. The van der Waals surface area contributed by atoms with Gasteiger partial charge < -0.3 is 9.80 Å². The highest BCUT2D eigenvalue weighted by atomic mass is 35.5. The summed E-state index contributed by atoms with van der Waals surface area (Å²) in [6.45, 7) is 3.04. The van der Waals surface area contributed by atoms with E-state index in [1.165, 1.54) is 6.42 Å². The van der Waals surface area contributed by atoms with Crippen LogP contribution in [0.5, 0.6) is 0 Å². The number of hydrogen-bond acceptors (Lipinski definition) is 2. The first-order valence-electron chi connectivity index (χ1n) is 6.69. The van der Waals surface area contributed by atoms with Gasteiger partial charge in [0, 0.05) is 31.6 Å². The van der Waals surface area contributed by atoms with Gasteiger partial charge in [-0.2, -0.15) is 0 Å². The molecular weight excluding hydrogens is 260 g/mol. The van der Waals surface area contributed by atoms with Gasteiger partial charge in [-0.1, -0.05) is 12.1 Å². The Morgan fingerprint density at radius 1 is 1.53 bits per heavy atom. The van der Waals surface area contributed by atoms with Crippen molar-refractivity contribution in [2.75, 3.05) is 33.7 Å². The van der Waals surface area contributed by atoms with Crippen molar-refractivity contribution in [1.82, 2.24) is 9.80 Å². The summed E-state index contributed by atoms with van der Waals surface area (Å²) in [5.41, 5.74) is 1.72. The lowest BCUT2D eigenvalue weighted by atomic mass is 10.1. The molecule has 1 aliphatic rings. The molecule has 0 radical (unpaired) electrons. The quantitative estimate of drug-likeness (QED) is 0.791. The van der Waals surface area contributed by atoms with Crippen molar-refractivity contribution in [3.63, 3.8) is 0 Å². The van der Waals surface area contributed by atoms with Gasteiger partial charge in [-0.3, -0.25) is 4.79 Å². The first-order valence-corrected chi connectivity index (χ1v) is 7.22. The zero-order valence-corrected chi connectivity index (χ0v) is 12.4. The van der Waals surface area contributed by atoms with Gasteiger partial charge in [-0.15, -0.1) is 11.6 Å². The molecule has 0 spiro atoms. The van der Waals surface area contributed by atoms with Crippen LogP contribution in [0, 0.1) is 5.92 Å². The summed E-state index contributed by atoms with van der Waals surface area (Å²) in [5.74, 6) is 1.12. The fraction of sp³-hybridized carbons (Fsp3) is 0.533. The molecule has 0 aromatic heterocycles. The van der Waals surface area contributed by atoms with E-state index < -0.39 is 0 Å². The zero-order chi connectivity index (χ0) is 13.8. The van der Waals surface area contributed by atoms with Crippen molar-refractivity contribution in [2.24, 2.45) is 5.92 Å². The summed E-state index contributed by atoms with van der Waals surface area (Å²) in [6, 6.07) is 7.57. The molecular formula is C15H21ClN2O. The minimum Gasteiger partial charge on any atom is -0.341 e. The van der Waals surface area contributed by atoms with Crippen molar-refractivity contribution >= 4 is 17.5 Å². The number of carbonyl (C=O) groups excluding carboxylic acids is 1. The van der Waals surface area contributed by atoms with Crippen molar-refractivity contribution in [2.45, 2.75) is 12.3 Å². The van der Waals surface area contributed by atoms with Crippen LogP contribution in [0.25, 0.3) is 0 Å². The lowest BCUT2D eigenvalue weighted by Gasteiger charge is -2.21.